The number of methoxy groups -OCH3 is 1. The van der Waals surface area contributed by atoms with Gasteiger partial charge in [0.2, 0.25) is 15.9 Å². The van der Waals surface area contributed by atoms with Gasteiger partial charge in [0.15, 0.2) is 0 Å². The van der Waals surface area contributed by atoms with Crippen molar-refractivity contribution < 1.29 is 17.7 Å². The molecule has 7 nitrogen and oxygen atoms in total. The maximum absolute atomic E-state index is 12.6. The fourth-order valence-electron chi connectivity index (χ4n) is 2.48. The molecule has 114 valence electrons. The molecule has 0 saturated carbocycles. The first-order chi connectivity index (χ1) is 10.1. The third-order valence-corrected chi connectivity index (χ3v) is 6.21. The fraction of sp³-hybridized carbons (Fsp3) is 0.500. The van der Waals surface area contributed by atoms with Gasteiger partial charge < -0.3 is 9.26 Å². The van der Waals surface area contributed by atoms with Gasteiger partial charge in [-0.3, -0.25) is 0 Å². The van der Waals surface area contributed by atoms with E-state index in [9.17, 15) is 8.42 Å². The highest BCUT2D eigenvalue weighted by molar-refractivity contribution is 7.88. The van der Waals surface area contributed by atoms with Gasteiger partial charge in [-0.15, -0.1) is 0 Å². The van der Waals surface area contributed by atoms with Crippen molar-refractivity contribution in [2.45, 2.75) is 24.6 Å². The molecule has 1 saturated heterocycles. The topological polar surface area (TPSA) is 85.5 Å². The Morgan fingerprint density at radius 2 is 2.43 bits per heavy atom. The number of aromatic nitrogens is 2. The van der Waals surface area contributed by atoms with Gasteiger partial charge in [0.25, 0.3) is 0 Å². The molecule has 0 aromatic carbocycles. The van der Waals surface area contributed by atoms with E-state index in [0.717, 1.165) is 24.4 Å². The summed E-state index contributed by atoms with van der Waals surface area (Å²) in [5.41, 5.74) is 0.665. The molecular formula is C12H15N3O4S2. The highest BCUT2D eigenvalue weighted by Crippen LogP contribution is 2.34. The van der Waals surface area contributed by atoms with Crippen LogP contribution in [0.4, 0.5) is 0 Å². The van der Waals surface area contributed by atoms with Crippen molar-refractivity contribution in [3.63, 3.8) is 0 Å². The van der Waals surface area contributed by atoms with E-state index in [1.807, 2.05) is 0 Å². The van der Waals surface area contributed by atoms with Gasteiger partial charge in [-0.05, 0) is 24.4 Å². The minimum Gasteiger partial charge on any atom is -0.480 e. The lowest BCUT2D eigenvalue weighted by Gasteiger charge is -2.21. The SMILES string of the molecule is COc1cc(CS(=O)(=O)N2CCC[C@H]2c2ccon2)sn1. The number of rotatable bonds is 5. The highest BCUT2D eigenvalue weighted by atomic mass is 32.2. The molecular weight excluding hydrogens is 314 g/mol. The average Bonchev–Trinajstić information content (AvgIpc) is 3.18. The Balaban J connectivity index is 1.80. The van der Waals surface area contributed by atoms with Crippen LogP contribution in [0.1, 0.15) is 29.5 Å². The number of hydrogen-bond donors (Lipinski definition) is 0. The van der Waals surface area contributed by atoms with Crippen LogP contribution in [0.15, 0.2) is 22.9 Å². The van der Waals surface area contributed by atoms with Crippen molar-refractivity contribution in [2.75, 3.05) is 13.7 Å². The lowest BCUT2D eigenvalue weighted by Crippen LogP contribution is -2.31. The van der Waals surface area contributed by atoms with Crippen molar-refractivity contribution in [3.05, 3.63) is 29.0 Å². The maximum Gasteiger partial charge on any atom is 0.225 e. The summed E-state index contributed by atoms with van der Waals surface area (Å²) in [6.07, 6.45) is 3.05. The molecule has 0 aliphatic carbocycles. The summed E-state index contributed by atoms with van der Waals surface area (Å²) in [7, 11) is -1.91. The second kappa shape index (κ2) is 5.74. The molecule has 0 amide bonds. The number of sulfonamides is 1. The van der Waals surface area contributed by atoms with Gasteiger partial charge in [-0.1, -0.05) is 5.16 Å². The second-order valence-corrected chi connectivity index (χ2v) is 7.60. The Labute approximate surface area is 126 Å². The summed E-state index contributed by atoms with van der Waals surface area (Å²) in [5.74, 6) is 0.377. The first-order valence-electron chi connectivity index (χ1n) is 6.49. The third-order valence-electron chi connectivity index (χ3n) is 3.43. The van der Waals surface area contributed by atoms with Crippen LogP contribution in [0.3, 0.4) is 0 Å². The van der Waals surface area contributed by atoms with Crippen molar-refractivity contribution in [2.24, 2.45) is 0 Å². The standard InChI is InChI=1S/C12H15N3O4S2/c1-18-12-7-9(20-14-12)8-21(16,17)15-5-2-3-11(15)10-4-6-19-13-10/h4,6-7,11H,2-3,5,8H2,1H3/t11-/m0/s1. The third kappa shape index (κ3) is 2.94. The molecule has 1 aliphatic heterocycles. The smallest absolute Gasteiger partial charge is 0.225 e. The van der Waals surface area contributed by atoms with Crippen LogP contribution < -0.4 is 4.74 Å². The van der Waals surface area contributed by atoms with Gasteiger partial charge >= 0.3 is 0 Å². The lowest BCUT2D eigenvalue weighted by molar-refractivity contribution is 0.356. The van der Waals surface area contributed by atoms with Crippen LogP contribution in [-0.4, -0.2) is 35.9 Å². The Bertz CT molecular complexity index is 696. The van der Waals surface area contributed by atoms with E-state index in [1.54, 1.807) is 12.1 Å². The van der Waals surface area contributed by atoms with Crippen LogP contribution in [0.2, 0.25) is 0 Å². The van der Waals surface area contributed by atoms with E-state index in [4.69, 9.17) is 9.26 Å². The zero-order valence-corrected chi connectivity index (χ0v) is 13.1. The van der Waals surface area contributed by atoms with Crippen molar-refractivity contribution in [3.8, 4) is 5.88 Å². The van der Waals surface area contributed by atoms with Crippen molar-refractivity contribution in [1.82, 2.24) is 13.8 Å². The summed E-state index contributed by atoms with van der Waals surface area (Å²) >= 11 is 1.14. The van der Waals surface area contributed by atoms with E-state index in [0.29, 0.717) is 23.0 Å². The van der Waals surface area contributed by atoms with E-state index >= 15 is 0 Å². The minimum absolute atomic E-state index is 0.0671. The van der Waals surface area contributed by atoms with E-state index in [2.05, 4.69) is 9.53 Å². The molecule has 0 N–H and O–H groups in total. The largest absolute Gasteiger partial charge is 0.480 e. The summed E-state index contributed by atoms with van der Waals surface area (Å²) in [6.45, 7) is 0.510. The molecule has 2 aromatic heterocycles. The summed E-state index contributed by atoms with van der Waals surface area (Å²) < 4.78 is 40.6. The van der Waals surface area contributed by atoms with Crippen LogP contribution in [0.25, 0.3) is 0 Å². The molecule has 21 heavy (non-hydrogen) atoms. The molecule has 3 rings (SSSR count). The predicted octanol–water partition coefficient (Wildman–Crippen LogP) is 1.81. The molecule has 2 aromatic rings. The Morgan fingerprint density at radius 3 is 3.10 bits per heavy atom. The van der Waals surface area contributed by atoms with Crippen LogP contribution in [-0.2, 0) is 15.8 Å². The second-order valence-electron chi connectivity index (χ2n) is 4.78. The Hall–Kier alpha value is -1.45. The zero-order valence-electron chi connectivity index (χ0n) is 11.4. The monoisotopic (exact) mass is 329 g/mol. The first kappa shape index (κ1) is 14.5. The summed E-state index contributed by atoms with van der Waals surface area (Å²) in [5, 5.41) is 3.88. The number of ether oxygens (including phenoxy) is 1. The Kier molecular flexibility index (Phi) is 3.96. The molecule has 3 heterocycles. The fourth-order valence-corrected chi connectivity index (χ4v) is 5.25. The normalized spacial score (nSPS) is 20.0. The predicted molar refractivity (Wildman–Crippen MR) is 76.5 cm³/mol. The quantitative estimate of drug-likeness (QED) is 0.831. The van der Waals surface area contributed by atoms with Crippen LogP contribution in [0.5, 0.6) is 5.88 Å². The molecule has 1 fully saturated rings. The molecule has 1 aliphatic rings. The van der Waals surface area contributed by atoms with Crippen LogP contribution >= 0.6 is 11.5 Å². The van der Waals surface area contributed by atoms with Crippen LogP contribution in [0, 0.1) is 0 Å². The maximum atomic E-state index is 12.6. The zero-order chi connectivity index (χ0) is 14.9. The molecule has 1 atom stereocenters. The molecule has 9 heteroatoms. The summed E-state index contributed by atoms with van der Waals surface area (Å²) in [4.78, 5) is 0.664. The first-order valence-corrected chi connectivity index (χ1v) is 8.88. The molecule has 0 radical (unpaired) electrons. The number of nitrogens with zero attached hydrogens (tertiary/aromatic N) is 3. The van der Waals surface area contributed by atoms with Crippen molar-refractivity contribution in [1.29, 1.82) is 0 Å². The van der Waals surface area contributed by atoms with Crippen molar-refractivity contribution >= 4 is 21.6 Å². The lowest BCUT2D eigenvalue weighted by atomic mass is 10.2. The van der Waals surface area contributed by atoms with E-state index in [1.165, 1.54) is 17.7 Å². The summed E-state index contributed by atoms with van der Waals surface area (Å²) in [6, 6.07) is 3.14. The highest BCUT2D eigenvalue weighted by Gasteiger charge is 2.36. The van der Waals surface area contributed by atoms with Gasteiger partial charge in [0.1, 0.15) is 17.7 Å². The van der Waals surface area contributed by atoms with Gasteiger partial charge in [-0.2, -0.15) is 8.68 Å². The molecule has 0 bridgehead atoms. The van der Waals surface area contributed by atoms with Gasteiger partial charge in [0.05, 0.1) is 13.2 Å². The van der Waals surface area contributed by atoms with E-state index in [-0.39, 0.29) is 11.8 Å². The van der Waals surface area contributed by atoms with E-state index < -0.39 is 10.0 Å². The number of hydrogen-bond acceptors (Lipinski definition) is 7. The average molecular weight is 329 g/mol. The Morgan fingerprint density at radius 1 is 1.57 bits per heavy atom. The molecule has 0 unspecified atom stereocenters. The molecule has 0 spiro atoms. The van der Waals surface area contributed by atoms with Gasteiger partial charge in [-0.25, -0.2) is 8.42 Å². The van der Waals surface area contributed by atoms with Gasteiger partial charge in [0, 0.05) is 23.6 Å². The minimum atomic E-state index is -3.42.